The van der Waals surface area contributed by atoms with Crippen LogP contribution in [0.15, 0.2) is 29.3 Å². The first-order chi connectivity index (χ1) is 13.2. The summed E-state index contributed by atoms with van der Waals surface area (Å²) in [4.78, 5) is 6.77. The molecule has 1 unspecified atom stereocenters. The third kappa shape index (κ3) is 4.12. The highest BCUT2D eigenvalue weighted by atomic mass is 19.1. The Hall–Kier alpha value is -2.44. The highest BCUT2D eigenvalue weighted by Gasteiger charge is 2.25. The molecule has 0 amide bonds. The van der Waals surface area contributed by atoms with Crippen LogP contribution in [0.2, 0.25) is 0 Å². The lowest BCUT2D eigenvalue weighted by Gasteiger charge is -2.22. The van der Waals surface area contributed by atoms with E-state index in [-0.39, 0.29) is 5.82 Å². The quantitative estimate of drug-likeness (QED) is 0.663. The Morgan fingerprint density at radius 3 is 2.89 bits per heavy atom. The van der Waals surface area contributed by atoms with Crippen molar-refractivity contribution >= 4 is 5.96 Å². The number of guanidine groups is 1. The Morgan fingerprint density at radius 1 is 1.22 bits per heavy atom. The lowest BCUT2D eigenvalue weighted by atomic mass is 9.99. The third-order valence-electron chi connectivity index (χ3n) is 5.58. The van der Waals surface area contributed by atoms with Crippen LogP contribution in [0.3, 0.4) is 0 Å². The van der Waals surface area contributed by atoms with Gasteiger partial charge in [0.2, 0.25) is 0 Å². The van der Waals surface area contributed by atoms with Crippen LogP contribution in [0.25, 0.3) is 0 Å². The van der Waals surface area contributed by atoms with E-state index in [0.717, 1.165) is 56.5 Å². The van der Waals surface area contributed by atoms with Crippen molar-refractivity contribution in [2.75, 3.05) is 20.1 Å². The average molecular weight is 370 g/mol. The summed E-state index contributed by atoms with van der Waals surface area (Å²) < 4.78 is 15.3. The Bertz CT molecular complexity index is 797. The molecule has 1 atom stereocenters. The maximum Gasteiger partial charge on any atom is 0.194 e. The number of hydrogen-bond acceptors (Lipinski definition) is 3. The van der Waals surface area contributed by atoms with E-state index in [4.69, 9.17) is 0 Å². The summed E-state index contributed by atoms with van der Waals surface area (Å²) in [5.41, 5.74) is 1.20. The SMILES string of the molecule is CN=C(NCc1nnc2n1CCCC2)N1CCC(Cc2ccc(F)cc2)C1. The first kappa shape index (κ1) is 17.9. The van der Waals surface area contributed by atoms with E-state index < -0.39 is 0 Å². The van der Waals surface area contributed by atoms with Gasteiger partial charge in [0.1, 0.15) is 11.6 Å². The van der Waals surface area contributed by atoms with Crippen molar-refractivity contribution < 1.29 is 4.39 Å². The summed E-state index contributed by atoms with van der Waals surface area (Å²) in [6.45, 7) is 3.62. The molecule has 2 aliphatic rings. The van der Waals surface area contributed by atoms with Gasteiger partial charge in [0.25, 0.3) is 0 Å². The number of aryl methyl sites for hydroxylation is 1. The predicted molar refractivity (Wildman–Crippen MR) is 103 cm³/mol. The number of nitrogens with one attached hydrogen (secondary N) is 1. The second kappa shape index (κ2) is 8.06. The van der Waals surface area contributed by atoms with E-state index in [2.05, 4.69) is 30.0 Å². The number of aliphatic imine (C=N–C) groups is 1. The zero-order valence-corrected chi connectivity index (χ0v) is 15.9. The fourth-order valence-corrected chi connectivity index (χ4v) is 4.14. The molecule has 0 spiro atoms. The number of fused-ring (bicyclic) bond motifs is 1. The van der Waals surface area contributed by atoms with Crippen molar-refractivity contribution in [3.05, 3.63) is 47.3 Å². The molecular formula is C20H27FN6. The first-order valence-corrected chi connectivity index (χ1v) is 9.84. The third-order valence-corrected chi connectivity index (χ3v) is 5.58. The Morgan fingerprint density at radius 2 is 2.07 bits per heavy atom. The lowest BCUT2D eigenvalue weighted by molar-refractivity contribution is 0.455. The van der Waals surface area contributed by atoms with Gasteiger partial charge < -0.3 is 14.8 Å². The van der Waals surface area contributed by atoms with Crippen LogP contribution in [0.5, 0.6) is 0 Å². The van der Waals surface area contributed by atoms with Crippen molar-refractivity contribution in [2.45, 2.75) is 45.2 Å². The largest absolute Gasteiger partial charge is 0.349 e. The van der Waals surface area contributed by atoms with E-state index in [1.807, 2.05) is 19.2 Å². The van der Waals surface area contributed by atoms with Crippen LogP contribution in [0.1, 0.15) is 36.5 Å². The van der Waals surface area contributed by atoms with Gasteiger partial charge >= 0.3 is 0 Å². The van der Waals surface area contributed by atoms with Crippen molar-refractivity contribution in [1.82, 2.24) is 25.0 Å². The molecule has 2 aromatic rings. The molecule has 0 radical (unpaired) electrons. The zero-order chi connectivity index (χ0) is 18.6. The molecule has 1 aromatic carbocycles. The van der Waals surface area contributed by atoms with Gasteiger partial charge in [-0.15, -0.1) is 10.2 Å². The van der Waals surface area contributed by atoms with Crippen molar-refractivity contribution in [1.29, 1.82) is 0 Å². The van der Waals surface area contributed by atoms with Crippen molar-refractivity contribution in [3.8, 4) is 0 Å². The fourth-order valence-electron chi connectivity index (χ4n) is 4.14. The molecule has 1 fully saturated rings. The Labute approximate surface area is 159 Å². The Kier molecular flexibility index (Phi) is 5.36. The van der Waals surface area contributed by atoms with Crippen molar-refractivity contribution in [2.24, 2.45) is 10.9 Å². The maximum absolute atomic E-state index is 13.1. The van der Waals surface area contributed by atoms with Crippen LogP contribution in [-0.4, -0.2) is 45.8 Å². The number of likely N-dealkylation sites (tertiary alicyclic amines) is 1. The molecule has 27 heavy (non-hydrogen) atoms. The van der Waals surface area contributed by atoms with Crippen LogP contribution in [-0.2, 0) is 25.9 Å². The van der Waals surface area contributed by atoms with Gasteiger partial charge in [0.15, 0.2) is 11.8 Å². The molecule has 4 rings (SSSR count). The minimum Gasteiger partial charge on any atom is -0.349 e. The summed E-state index contributed by atoms with van der Waals surface area (Å²) in [5.74, 6) is 3.41. The van der Waals surface area contributed by atoms with E-state index >= 15 is 0 Å². The smallest absolute Gasteiger partial charge is 0.194 e. The van der Waals surface area contributed by atoms with Gasteiger partial charge in [0, 0.05) is 33.1 Å². The Balaban J connectivity index is 1.32. The standard InChI is InChI=1S/C20H27FN6/c1-22-20(23-13-19-25-24-18-4-2-3-10-27(18)19)26-11-9-16(14-26)12-15-5-7-17(21)8-6-15/h5-8,16H,2-4,9-14H2,1H3,(H,22,23). The minimum atomic E-state index is -0.174. The van der Waals surface area contributed by atoms with Gasteiger partial charge in [0.05, 0.1) is 6.54 Å². The molecule has 2 aliphatic heterocycles. The summed E-state index contributed by atoms with van der Waals surface area (Å²) in [6, 6.07) is 6.86. The van der Waals surface area contributed by atoms with Gasteiger partial charge in [-0.3, -0.25) is 4.99 Å². The molecule has 6 nitrogen and oxygen atoms in total. The van der Waals surface area contributed by atoms with E-state index in [1.165, 1.54) is 18.4 Å². The molecule has 0 aliphatic carbocycles. The summed E-state index contributed by atoms with van der Waals surface area (Å²) in [7, 11) is 1.83. The number of rotatable bonds is 4. The van der Waals surface area contributed by atoms with Gasteiger partial charge in [-0.1, -0.05) is 12.1 Å². The number of aromatic nitrogens is 3. The highest BCUT2D eigenvalue weighted by Crippen LogP contribution is 2.21. The molecule has 1 N–H and O–H groups in total. The second-order valence-corrected chi connectivity index (χ2v) is 7.47. The van der Waals surface area contributed by atoms with Crippen LogP contribution < -0.4 is 5.32 Å². The second-order valence-electron chi connectivity index (χ2n) is 7.47. The number of nitrogens with zero attached hydrogens (tertiary/aromatic N) is 5. The molecule has 1 saturated heterocycles. The van der Waals surface area contributed by atoms with Crippen molar-refractivity contribution in [3.63, 3.8) is 0 Å². The summed E-state index contributed by atoms with van der Waals surface area (Å²) in [5, 5.41) is 12.1. The molecule has 1 aromatic heterocycles. The molecule has 0 saturated carbocycles. The lowest BCUT2D eigenvalue weighted by Crippen LogP contribution is -2.40. The topological polar surface area (TPSA) is 58.3 Å². The zero-order valence-electron chi connectivity index (χ0n) is 15.9. The molecule has 0 bridgehead atoms. The number of hydrogen-bond donors (Lipinski definition) is 1. The maximum atomic E-state index is 13.1. The van der Waals surface area contributed by atoms with Gasteiger partial charge in [-0.2, -0.15) is 0 Å². The van der Waals surface area contributed by atoms with Crippen LogP contribution in [0.4, 0.5) is 4.39 Å². The van der Waals surface area contributed by atoms with Gasteiger partial charge in [-0.05, 0) is 49.3 Å². The predicted octanol–water partition coefficient (Wildman–Crippen LogP) is 2.39. The van der Waals surface area contributed by atoms with Crippen LogP contribution in [0, 0.1) is 11.7 Å². The van der Waals surface area contributed by atoms with E-state index in [1.54, 1.807) is 12.1 Å². The summed E-state index contributed by atoms with van der Waals surface area (Å²) >= 11 is 0. The molecular weight excluding hydrogens is 343 g/mol. The molecule has 7 heteroatoms. The van der Waals surface area contributed by atoms with E-state index in [9.17, 15) is 4.39 Å². The molecule has 3 heterocycles. The average Bonchev–Trinajstić information content (AvgIpc) is 3.32. The minimum absolute atomic E-state index is 0.174. The van der Waals surface area contributed by atoms with Gasteiger partial charge in [-0.25, -0.2) is 4.39 Å². The number of halogens is 1. The fraction of sp³-hybridized carbons (Fsp3) is 0.550. The normalized spacial score (nSPS) is 20.0. The van der Waals surface area contributed by atoms with Crippen LogP contribution >= 0.6 is 0 Å². The van der Waals surface area contributed by atoms with E-state index in [0.29, 0.717) is 12.5 Å². The first-order valence-electron chi connectivity index (χ1n) is 9.84. The summed E-state index contributed by atoms with van der Waals surface area (Å²) in [6.07, 6.45) is 5.53. The highest BCUT2D eigenvalue weighted by molar-refractivity contribution is 5.80. The monoisotopic (exact) mass is 370 g/mol. The molecule has 144 valence electrons. The number of benzene rings is 1.